The average Bonchev–Trinajstić information content (AvgIpc) is 2.10. The first-order valence-electron chi connectivity index (χ1n) is 5.00. The van der Waals surface area contributed by atoms with Crippen LogP contribution in [0.5, 0.6) is 0 Å². The van der Waals surface area contributed by atoms with E-state index in [1.807, 2.05) is 20.8 Å². The van der Waals surface area contributed by atoms with E-state index in [0.29, 0.717) is 19.8 Å². The van der Waals surface area contributed by atoms with Gasteiger partial charge in [0.15, 0.2) is 0 Å². The summed E-state index contributed by atoms with van der Waals surface area (Å²) in [5.74, 6) is 0. The number of hydrogen-bond acceptors (Lipinski definition) is 3. The predicted octanol–water partition coefficient (Wildman–Crippen LogP) is 2.72. The molecule has 0 rings (SSSR count). The van der Waals surface area contributed by atoms with Gasteiger partial charge in [-0.2, -0.15) is 0 Å². The van der Waals surface area contributed by atoms with E-state index in [0.717, 1.165) is 12.0 Å². The Morgan fingerprint density at radius 3 is 2.43 bits per heavy atom. The minimum atomic E-state index is -0.214. The maximum Gasteiger partial charge on any atom is 0.106 e. The highest BCUT2D eigenvalue weighted by Gasteiger charge is 2.16. The number of rotatable bonds is 8. The third-order valence-electron chi connectivity index (χ3n) is 1.80. The molecule has 0 aliphatic carbocycles. The Morgan fingerprint density at radius 1 is 1.29 bits per heavy atom. The minimum Gasteiger partial charge on any atom is -0.375 e. The van der Waals surface area contributed by atoms with Crippen LogP contribution in [0, 0.1) is 0 Å². The maximum absolute atomic E-state index is 5.24. The highest BCUT2D eigenvalue weighted by molar-refractivity contribution is 4.87. The Morgan fingerprint density at radius 2 is 1.93 bits per heavy atom. The molecule has 0 heterocycles. The summed E-state index contributed by atoms with van der Waals surface area (Å²) in [6.07, 6.45) is 0.916. The first-order chi connectivity index (χ1) is 6.48. The first-order valence-corrected chi connectivity index (χ1v) is 5.00. The van der Waals surface area contributed by atoms with E-state index in [1.54, 1.807) is 0 Å². The standard InChI is InChI=1S/C11H22O3/c1-6-11(4,5)14-13-8-7-12-9-10(2)3/h2,6-9H2,1,3-5H3. The van der Waals surface area contributed by atoms with Gasteiger partial charge in [-0.15, -0.1) is 0 Å². The lowest BCUT2D eigenvalue weighted by atomic mass is 10.1. The molecule has 0 aliphatic rings. The van der Waals surface area contributed by atoms with Crippen LogP contribution in [-0.2, 0) is 14.5 Å². The molecule has 0 amide bonds. The van der Waals surface area contributed by atoms with E-state index >= 15 is 0 Å². The molecule has 0 aromatic carbocycles. The molecule has 84 valence electrons. The Balaban J connectivity index is 3.25. The molecule has 0 saturated heterocycles. The summed E-state index contributed by atoms with van der Waals surface area (Å²) in [6, 6.07) is 0. The lowest BCUT2D eigenvalue weighted by Crippen LogP contribution is -2.24. The molecule has 0 aromatic rings. The lowest BCUT2D eigenvalue weighted by molar-refractivity contribution is -0.356. The van der Waals surface area contributed by atoms with Crippen LogP contribution in [0.25, 0.3) is 0 Å². The van der Waals surface area contributed by atoms with Crippen molar-refractivity contribution < 1.29 is 14.5 Å². The van der Waals surface area contributed by atoms with Crippen molar-refractivity contribution in [3.63, 3.8) is 0 Å². The van der Waals surface area contributed by atoms with Crippen LogP contribution in [0.15, 0.2) is 12.2 Å². The number of hydrogen-bond donors (Lipinski definition) is 0. The Bertz CT molecular complexity index is 164. The molecule has 0 radical (unpaired) electrons. The van der Waals surface area contributed by atoms with Gasteiger partial charge in [-0.25, -0.2) is 9.78 Å². The van der Waals surface area contributed by atoms with Gasteiger partial charge in [-0.3, -0.25) is 0 Å². The normalized spacial score (nSPS) is 11.7. The zero-order chi connectivity index (χ0) is 11.0. The molecule has 0 N–H and O–H groups in total. The van der Waals surface area contributed by atoms with Crippen molar-refractivity contribution in [2.45, 2.75) is 39.7 Å². The zero-order valence-corrected chi connectivity index (χ0v) is 9.76. The van der Waals surface area contributed by atoms with Gasteiger partial charge in [-0.1, -0.05) is 19.1 Å². The van der Waals surface area contributed by atoms with Crippen LogP contribution < -0.4 is 0 Å². The highest BCUT2D eigenvalue weighted by atomic mass is 17.2. The average molecular weight is 202 g/mol. The quantitative estimate of drug-likeness (QED) is 0.262. The summed E-state index contributed by atoms with van der Waals surface area (Å²) in [4.78, 5) is 10.2. The fourth-order valence-corrected chi connectivity index (χ4v) is 0.599. The maximum atomic E-state index is 5.24. The van der Waals surface area contributed by atoms with E-state index in [-0.39, 0.29) is 5.60 Å². The fourth-order valence-electron chi connectivity index (χ4n) is 0.599. The van der Waals surface area contributed by atoms with Gasteiger partial charge in [0, 0.05) is 0 Å². The third kappa shape index (κ3) is 8.23. The molecule has 0 atom stereocenters. The predicted molar refractivity (Wildman–Crippen MR) is 57.0 cm³/mol. The van der Waals surface area contributed by atoms with Gasteiger partial charge in [-0.05, 0) is 27.2 Å². The summed E-state index contributed by atoms with van der Waals surface area (Å²) >= 11 is 0. The molecule has 3 heteroatoms. The van der Waals surface area contributed by atoms with Crippen LogP contribution in [0.2, 0.25) is 0 Å². The molecule has 0 aromatic heterocycles. The van der Waals surface area contributed by atoms with E-state index in [4.69, 9.17) is 14.5 Å². The van der Waals surface area contributed by atoms with Gasteiger partial charge in [0.25, 0.3) is 0 Å². The molecule has 0 spiro atoms. The number of ether oxygens (including phenoxy) is 1. The monoisotopic (exact) mass is 202 g/mol. The van der Waals surface area contributed by atoms with E-state index in [9.17, 15) is 0 Å². The van der Waals surface area contributed by atoms with Gasteiger partial charge in [0.1, 0.15) is 6.61 Å². The lowest BCUT2D eigenvalue weighted by Gasteiger charge is -2.21. The van der Waals surface area contributed by atoms with E-state index in [1.165, 1.54) is 0 Å². The van der Waals surface area contributed by atoms with Crippen molar-refractivity contribution in [2.75, 3.05) is 19.8 Å². The Labute approximate surface area is 87.0 Å². The SMILES string of the molecule is C=C(C)COCCOOC(C)(C)CC. The molecule has 0 unspecified atom stereocenters. The topological polar surface area (TPSA) is 27.7 Å². The highest BCUT2D eigenvalue weighted by Crippen LogP contribution is 2.13. The molecule has 0 bridgehead atoms. The van der Waals surface area contributed by atoms with Crippen LogP contribution in [0.1, 0.15) is 34.1 Å². The third-order valence-corrected chi connectivity index (χ3v) is 1.80. The molecule has 0 fully saturated rings. The van der Waals surface area contributed by atoms with E-state index < -0.39 is 0 Å². The first kappa shape index (κ1) is 13.6. The molecule has 3 nitrogen and oxygen atoms in total. The minimum absolute atomic E-state index is 0.214. The summed E-state index contributed by atoms with van der Waals surface area (Å²) in [6.45, 7) is 13.3. The smallest absolute Gasteiger partial charge is 0.106 e. The zero-order valence-electron chi connectivity index (χ0n) is 9.76. The largest absolute Gasteiger partial charge is 0.375 e. The second-order valence-electron chi connectivity index (χ2n) is 4.03. The summed E-state index contributed by atoms with van der Waals surface area (Å²) < 4.78 is 5.24. The molecule has 14 heavy (non-hydrogen) atoms. The van der Waals surface area contributed by atoms with Gasteiger partial charge >= 0.3 is 0 Å². The van der Waals surface area contributed by atoms with Crippen LogP contribution in [0.3, 0.4) is 0 Å². The summed E-state index contributed by atoms with van der Waals surface area (Å²) in [5.41, 5.74) is 0.800. The second-order valence-corrected chi connectivity index (χ2v) is 4.03. The van der Waals surface area contributed by atoms with Crippen LogP contribution >= 0.6 is 0 Å². The second kappa shape index (κ2) is 6.98. The molecule has 0 saturated carbocycles. The molecular weight excluding hydrogens is 180 g/mol. The van der Waals surface area contributed by atoms with E-state index in [2.05, 4.69) is 13.5 Å². The van der Waals surface area contributed by atoms with Gasteiger partial charge in [0.2, 0.25) is 0 Å². The van der Waals surface area contributed by atoms with Crippen LogP contribution in [0.4, 0.5) is 0 Å². The van der Waals surface area contributed by atoms with Crippen molar-refractivity contribution in [3.8, 4) is 0 Å². The summed E-state index contributed by atoms with van der Waals surface area (Å²) in [5, 5.41) is 0. The Kier molecular flexibility index (Phi) is 6.79. The van der Waals surface area contributed by atoms with Crippen molar-refractivity contribution in [3.05, 3.63) is 12.2 Å². The van der Waals surface area contributed by atoms with Crippen molar-refractivity contribution in [2.24, 2.45) is 0 Å². The Hall–Kier alpha value is -0.380. The van der Waals surface area contributed by atoms with Gasteiger partial charge < -0.3 is 4.74 Å². The van der Waals surface area contributed by atoms with Crippen molar-refractivity contribution >= 4 is 0 Å². The van der Waals surface area contributed by atoms with Crippen LogP contribution in [-0.4, -0.2) is 25.4 Å². The van der Waals surface area contributed by atoms with Crippen molar-refractivity contribution in [1.29, 1.82) is 0 Å². The van der Waals surface area contributed by atoms with Gasteiger partial charge in [0.05, 0.1) is 18.8 Å². The fraction of sp³-hybridized carbons (Fsp3) is 0.818. The summed E-state index contributed by atoms with van der Waals surface area (Å²) in [7, 11) is 0. The van der Waals surface area contributed by atoms with Crippen molar-refractivity contribution in [1.82, 2.24) is 0 Å². The molecular formula is C11H22O3. The molecule has 0 aliphatic heterocycles.